The Hall–Kier alpha value is -4.32. The molecule has 0 spiro atoms. The van der Waals surface area contributed by atoms with Crippen molar-refractivity contribution in [3.8, 4) is 6.07 Å². The van der Waals surface area contributed by atoms with Gasteiger partial charge in [0.05, 0.1) is 39.6 Å². The van der Waals surface area contributed by atoms with Crippen LogP contribution in [0.3, 0.4) is 0 Å². The van der Waals surface area contributed by atoms with Crippen LogP contribution < -0.4 is 21.6 Å². The van der Waals surface area contributed by atoms with Gasteiger partial charge in [-0.1, -0.05) is 54.9 Å². The summed E-state index contributed by atoms with van der Waals surface area (Å²) in [7, 11) is 0. The fraction of sp³-hybridized carbons (Fsp3) is 0.258. The third-order valence-corrected chi connectivity index (χ3v) is 7.79. The van der Waals surface area contributed by atoms with Gasteiger partial charge in [-0.05, 0) is 49.9 Å². The number of nitriles is 1. The number of aryl methyl sites for hydroxylation is 1. The highest BCUT2D eigenvalue weighted by molar-refractivity contribution is 6.35. The zero-order chi connectivity index (χ0) is 27.6. The van der Waals surface area contributed by atoms with E-state index in [2.05, 4.69) is 74.0 Å². The van der Waals surface area contributed by atoms with Gasteiger partial charge in [0, 0.05) is 47.0 Å². The van der Waals surface area contributed by atoms with Crippen molar-refractivity contribution in [3.63, 3.8) is 0 Å². The average molecular weight is 551 g/mol. The Labute approximate surface area is 239 Å². The van der Waals surface area contributed by atoms with Crippen molar-refractivity contribution in [2.24, 2.45) is 0 Å². The van der Waals surface area contributed by atoms with Crippen molar-refractivity contribution < 1.29 is 0 Å². The second-order valence-electron chi connectivity index (χ2n) is 10.2. The topological polar surface area (TPSA) is 101 Å². The standard InChI is InChI=1S/C31H31ClN8/c1-3-27(20-8-5-4-6-9-20)37-29-21(16-33)17-35-30-25(29)14-22(15-26(30)32)36-31(24-10-7-13-34-19(24)2)28-18-40(39-38-28)23-11-12-23/h4-10,13-15,17-18,23,27,31,36,38-39H,3,11-12H2,1-2H3,(H,35,37)/t27-,31?/m1/s1. The quantitative estimate of drug-likeness (QED) is 0.187. The highest BCUT2D eigenvalue weighted by atomic mass is 35.5. The number of anilines is 2. The van der Waals surface area contributed by atoms with Gasteiger partial charge in [0.1, 0.15) is 6.07 Å². The Morgan fingerprint density at radius 2 is 1.95 bits per heavy atom. The minimum atomic E-state index is -0.213. The molecule has 0 saturated heterocycles. The van der Waals surface area contributed by atoms with Gasteiger partial charge in [-0.3, -0.25) is 15.0 Å². The Morgan fingerprint density at radius 3 is 2.67 bits per heavy atom. The molecule has 4 aromatic rings. The zero-order valence-corrected chi connectivity index (χ0v) is 23.2. The number of aromatic nitrogens is 2. The van der Waals surface area contributed by atoms with Crippen molar-refractivity contribution in [2.45, 2.75) is 51.2 Å². The fourth-order valence-electron chi connectivity index (χ4n) is 5.19. The Kier molecular flexibility index (Phi) is 7.16. The molecule has 40 heavy (non-hydrogen) atoms. The van der Waals surface area contributed by atoms with Gasteiger partial charge in [-0.15, -0.1) is 5.53 Å². The van der Waals surface area contributed by atoms with Crippen LogP contribution in [0.25, 0.3) is 10.9 Å². The van der Waals surface area contributed by atoms with Crippen LogP contribution in [0.4, 0.5) is 11.4 Å². The lowest BCUT2D eigenvalue weighted by Crippen LogP contribution is -2.38. The van der Waals surface area contributed by atoms with Gasteiger partial charge in [0.25, 0.3) is 0 Å². The van der Waals surface area contributed by atoms with Crippen LogP contribution in [0.2, 0.25) is 5.02 Å². The smallest absolute Gasteiger partial charge is 0.103 e. The molecule has 1 aliphatic carbocycles. The van der Waals surface area contributed by atoms with E-state index >= 15 is 0 Å². The summed E-state index contributed by atoms with van der Waals surface area (Å²) in [4.78, 5) is 9.10. The first-order valence-electron chi connectivity index (χ1n) is 13.6. The highest BCUT2D eigenvalue weighted by Gasteiger charge is 2.32. The van der Waals surface area contributed by atoms with Crippen LogP contribution in [-0.2, 0) is 0 Å². The maximum atomic E-state index is 10.0. The largest absolute Gasteiger partial charge is 0.377 e. The number of hydrogen-bond donors (Lipinski definition) is 4. The monoisotopic (exact) mass is 550 g/mol. The number of hydrazine groups is 2. The molecule has 6 rings (SSSR count). The number of rotatable bonds is 9. The molecule has 1 unspecified atom stereocenters. The Morgan fingerprint density at radius 1 is 1.12 bits per heavy atom. The number of nitrogens with zero attached hydrogens (tertiary/aromatic N) is 4. The lowest BCUT2D eigenvalue weighted by Gasteiger charge is -2.24. The van der Waals surface area contributed by atoms with Crippen LogP contribution in [0.5, 0.6) is 0 Å². The molecule has 0 bridgehead atoms. The van der Waals surface area contributed by atoms with E-state index in [1.54, 1.807) is 12.4 Å². The van der Waals surface area contributed by atoms with Gasteiger partial charge in [0.2, 0.25) is 0 Å². The molecule has 3 heterocycles. The summed E-state index contributed by atoms with van der Waals surface area (Å²) in [6.45, 7) is 4.14. The van der Waals surface area contributed by atoms with E-state index in [1.165, 1.54) is 12.8 Å². The second kappa shape index (κ2) is 11.0. The minimum Gasteiger partial charge on any atom is -0.377 e. The zero-order valence-electron chi connectivity index (χ0n) is 22.4. The highest BCUT2D eigenvalue weighted by Crippen LogP contribution is 2.38. The third-order valence-electron chi connectivity index (χ3n) is 7.50. The third kappa shape index (κ3) is 5.14. The lowest BCUT2D eigenvalue weighted by molar-refractivity contribution is 0.260. The Bertz CT molecular complexity index is 1610. The molecular weight excluding hydrogens is 520 g/mol. The molecule has 8 nitrogen and oxygen atoms in total. The second-order valence-corrected chi connectivity index (χ2v) is 10.7. The maximum absolute atomic E-state index is 10.0. The van der Waals surface area contributed by atoms with E-state index in [4.69, 9.17) is 11.6 Å². The molecular formula is C31H31ClN8. The summed E-state index contributed by atoms with van der Waals surface area (Å²) in [6.07, 6.45) is 8.71. The number of nitrogens with one attached hydrogen (secondary N) is 4. The first-order valence-corrected chi connectivity index (χ1v) is 14.0. The first-order chi connectivity index (χ1) is 19.6. The van der Waals surface area contributed by atoms with Gasteiger partial charge < -0.3 is 16.1 Å². The van der Waals surface area contributed by atoms with Crippen molar-refractivity contribution in [1.82, 2.24) is 25.9 Å². The molecule has 1 saturated carbocycles. The molecule has 2 aromatic carbocycles. The fourth-order valence-corrected chi connectivity index (χ4v) is 5.46. The van der Waals surface area contributed by atoms with E-state index < -0.39 is 0 Å². The Balaban J connectivity index is 1.42. The minimum absolute atomic E-state index is 0.0207. The molecule has 0 amide bonds. The molecule has 202 valence electrons. The number of fused-ring (bicyclic) bond motifs is 1. The molecule has 1 aliphatic heterocycles. The summed E-state index contributed by atoms with van der Waals surface area (Å²) >= 11 is 6.83. The maximum Gasteiger partial charge on any atom is 0.103 e. The molecule has 0 radical (unpaired) electrons. The predicted molar refractivity (Wildman–Crippen MR) is 159 cm³/mol. The van der Waals surface area contributed by atoms with Crippen molar-refractivity contribution in [2.75, 3.05) is 10.6 Å². The molecule has 2 aliphatic rings. The molecule has 9 heteroatoms. The van der Waals surface area contributed by atoms with Gasteiger partial charge >= 0.3 is 0 Å². The summed E-state index contributed by atoms with van der Waals surface area (Å²) < 4.78 is 0. The average Bonchev–Trinajstić information content (AvgIpc) is 3.72. The van der Waals surface area contributed by atoms with Crippen LogP contribution in [-0.4, -0.2) is 21.0 Å². The van der Waals surface area contributed by atoms with Crippen LogP contribution in [0.1, 0.15) is 60.7 Å². The molecule has 2 atom stereocenters. The van der Waals surface area contributed by atoms with Crippen molar-refractivity contribution in [1.29, 1.82) is 5.26 Å². The van der Waals surface area contributed by atoms with Crippen LogP contribution >= 0.6 is 11.6 Å². The lowest BCUT2D eigenvalue weighted by atomic mass is 10.0. The van der Waals surface area contributed by atoms with E-state index in [0.717, 1.165) is 45.7 Å². The normalized spacial score (nSPS) is 16.1. The molecule has 2 aromatic heterocycles. The van der Waals surface area contributed by atoms with Gasteiger partial charge in [0.15, 0.2) is 0 Å². The SMILES string of the molecule is CC[C@@H](Nc1c(C#N)cnc2c(Cl)cc(NC(C3=CN(C4CC4)NN3)c3cccnc3C)cc12)c1ccccc1. The number of halogens is 1. The summed E-state index contributed by atoms with van der Waals surface area (Å²) in [6, 6.07) is 20.8. The van der Waals surface area contributed by atoms with E-state index in [9.17, 15) is 5.26 Å². The summed E-state index contributed by atoms with van der Waals surface area (Å²) in [5.41, 5.74) is 13.4. The first kappa shape index (κ1) is 25.9. The van der Waals surface area contributed by atoms with E-state index in [1.807, 2.05) is 43.3 Å². The molecule has 1 fully saturated rings. The number of hydrogen-bond acceptors (Lipinski definition) is 8. The summed E-state index contributed by atoms with van der Waals surface area (Å²) in [5, 5.41) is 20.8. The number of benzene rings is 2. The van der Waals surface area contributed by atoms with Crippen LogP contribution in [0, 0.1) is 18.3 Å². The van der Waals surface area contributed by atoms with E-state index in [0.29, 0.717) is 22.1 Å². The van der Waals surface area contributed by atoms with E-state index in [-0.39, 0.29) is 12.1 Å². The predicted octanol–water partition coefficient (Wildman–Crippen LogP) is 6.51. The molecule has 4 N–H and O–H groups in total. The number of pyridine rings is 2. The van der Waals surface area contributed by atoms with Crippen molar-refractivity contribution in [3.05, 3.63) is 106 Å². The van der Waals surface area contributed by atoms with Gasteiger partial charge in [-0.25, -0.2) is 0 Å². The van der Waals surface area contributed by atoms with Gasteiger partial charge in [-0.2, -0.15) is 5.26 Å². The van der Waals surface area contributed by atoms with Crippen LogP contribution in [0.15, 0.2) is 78.9 Å². The summed E-state index contributed by atoms with van der Waals surface area (Å²) in [5.74, 6) is 0. The van der Waals surface area contributed by atoms with Crippen molar-refractivity contribution >= 4 is 33.9 Å².